The van der Waals surface area contributed by atoms with E-state index in [1.807, 2.05) is 6.07 Å². The molecule has 2 saturated carbocycles. The van der Waals surface area contributed by atoms with Crippen molar-refractivity contribution in [1.82, 2.24) is 4.98 Å². The minimum atomic E-state index is -0.165. The molecule has 3 heteroatoms. The van der Waals surface area contributed by atoms with Gasteiger partial charge < -0.3 is 5.11 Å². The molecule has 0 aliphatic heterocycles. The molecule has 2 bridgehead atoms. The fraction of sp³-hybridized carbons (Fsp3) is 0.500. The van der Waals surface area contributed by atoms with Gasteiger partial charge in [-0.05, 0) is 43.7 Å². The Morgan fingerprint density at radius 3 is 2.94 bits per heavy atom. The number of aromatic nitrogens is 1. The molecule has 1 N–H and O–H groups in total. The normalized spacial score (nSPS) is 35.8. The van der Waals surface area contributed by atoms with Crippen LogP contribution in [0.5, 0.6) is 0 Å². The Morgan fingerprint density at radius 1 is 1.35 bits per heavy atom. The average molecular weight is 245 g/mol. The first kappa shape index (κ1) is 10.0. The van der Waals surface area contributed by atoms with Gasteiger partial charge in [0.2, 0.25) is 0 Å². The number of benzene rings is 1. The number of para-hydroxylation sites is 1. The highest BCUT2D eigenvalue weighted by molar-refractivity contribution is 7.18. The largest absolute Gasteiger partial charge is 0.392 e. The van der Waals surface area contributed by atoms with Crippen molar-refractivity contribution in [3.8, 4) is 0 Å². The summed E-state index contributed by atoms with van der Waals surface area (Å²) < 4.78 is 1.25. The summed E-state index contributed by atoms with van der Waals surface area (Å²) in [6, 6.07) is 8.29. The van der Waals surface area contributed by atoms with E-state index in [9.17, 15) is 5.11 Å². The molecular formula is C14H15NOS. The fourth-order valence-corrected chi connectivity index (χ4v) is 4.89. The molecule has 1 heterocycles. The molecular weight excluding hydrogens is 230 g/mol. The maximum Gasteiger partial charge on any atom is 0.103 e. The van der Waals surface area contributed by atoms with Crippen molar-refractivity contribution < 1.29 is 5.11 Å². The number of hydrogen-bond donors (Lipinski definition) is 1. The number of fused-ring (bicyclic) bond motifs is 3. The molecule has 88 valence electrons. The topological polar surface area (TPSA) is 33.1 Å². The van der Waals surface area contributed by atoms with Gasteiger partial charge in [-0.25, -0.2) is 4.98 Å². The van der Waals surface area contributed by atoms with Gasteiger partial charge in [-0.1, -0.05) is 12.1 Å². The van der Waals surface area contributed by atoms with Crippen molar-refractivity contribution in [3.63, 3.8) is 0 Å². The molecule has 2 aromatic rings. The van der Waals surface area contributed by atoms with Crippen LogP contribution in [0, 0.1) is 5.92 Å². The highest BCUT2D eigenvalue weighted by Gasteiger charge is 2.54. The number of nitrogens with zero attached hydrogens (tertiary/aromatic N) is 1. The minimum Gasteiger partial charge on any atom is -0.392 e. The summed E-state index contributed by atoms with van der Waals surface area (Å²) in [6.45, 7) is 0. The predicted molar refractivity (Wildman–Crippen MR) is 69.3 cm³/mol. The van der Waals surface area contributed by atoms with Crippen molar-refractivity contribution in [2.75, 3.05) is 0 Å². The molecule has 3 atom stereocenters. The Balaban J connectivity index is 1.88. The first-order chi connectivity index (χ1) is 8.28. The van der Waals surface area contributed by atoms with Crippen LogP contribution in [0.4, 0.5) is 0 Å². The van der Waals surface area contributed by atoms with Crippen LogP contribution in [0.15, 0.2) is 24.3 Å². The summed E-state index contributed by atoms with van der Waals surface area (Å²) in [5.74, 6) is 0.733. The number of thiazole rings is 1. The minimum absolute atomic E-state index is 0.00560. The molecule has 1 aromatic carbocycles. The zero-order chi connectivity index (χ0) is 11.5. The zero-order valence-corrected chi connectivity index (χ0v) is 10.4. The van der Waals surface area contributed by atoms with Crippen molar-refractivity contribution >= 4 is 21.6 Å². The van der Waals surface area contributed by atoms with Crippen LogP contribution in [0.25, 0.3) is 10.2 Å². The van der Waals surface area contributed by atoms with Gasteiger partial charge in [0.25, 0.3) is 0 Å². The van der Waals surface area contributed by atoms with E-state index < -0.39 is 0 Å². The average Bonchev–Trinajstić information content (AvgIpc) is 2.99. The van der Waals surface area contributed by atoms with Crippen molar-refractivity contribution in [3.05, 3.63) is 29.3 Å². The van der Waals surface area contributed by atoms with Crippen LogP contribution < -0.4 is 0 Å². The lowest BCUT2D eigenvalue weighted by atomic mass is 9.82. The summed E-state index contributed by atoms with van der Waals surface area (Å²) in [5.41, 5.74) is 1.08. The van der Waals surface area contributed by atoms with Gasteiger partial charge in [0, 0.05) is 5.41 Å². The van der Waals surface area contributed by atoms with Crippen molar-refractivity contribution in [1.29, 1.82) is 0 Å². The predicted octanol–water partition coefficient (Wildman–Crippen LogP) is 3.10. The Kier molecular flexibility index (Phi) is 1.95. The molecule has 2 aliphatic rings. The summed E-state index contributed by atoms with van der Waals surface area (Å²) in [5, 5.41) is 11.5. The lowest BCUT2D eigenvalue weighted by molar-refractivity contribution is 0.0890. The fourth-order valence-electron chi connectivity index (χ4n) is 3.65. The van der Waals surface area contributed by atoms with Gasteiger partial charge in [-0.3, -0.25) is 0 Å². The van der Waals surface area contributed by atoms with Crippen LogP contribution in [0.2, 0.25) is 0 Å². The molecule has 17 heavy (non-hydrogen) atoms. The molecule has 2 aliphatic carbocycles. The molecule has 0 amide bonds. The van der Waals surface area contributed by atoms with Crippen LogP contribution in [-0.4, -0.2) is 16.2 Å². The Hall–Kier alpha value is -0.930. The van der Waals surface area contributed by atoms with Gasteiger partial charge in [0.15, 0.2) is 0 Å². The Morgan fingerprint density at radius 2 is 2.24 bits per heavy atom. The second-order valence-corrected chi connectivity index (χ2v) is 6.53. The number of aliphatic hydroxyl groups is 1. The Bertz CT molecular complexity index is 545. The smallest absolute Gasteiger partial charge is 0.103 e. The quantitative estimate of drug-likeness (QED) is 0.837. The van der Waals surface area contributed by atoms with Crippen molar-refractivity contribution in [2.24, 2.45) is 5.92 Å². The van der Waals surface area contributed by atoms with Gasteiger partial charge in [-0.15, -0.1) is 11.3 Å². The van der Waals surface area contributed by atoms with E-state index in [0.717, 1.165) is 30.7 Å². The molecule has 0 radical (unpaired) electrons. The van der Waals surface area contributed by atoms with Gasteiger partial charge in [0.05, 0.1) is 16.3 Å². The molecule has 4 rings (SSSR count). The van der Waals surface area contributed by atoms with E-state index in [1.165, 1.54) is 16.1 Å². The summed E-state index contributed by atoms with van der Waals surface area (Å²) in [7, 11) is 0. The third-order valence-corrected chi connectivity index (χ3v) is 5.82. The van der Waals surface area contributed by atoms with E-state index in [4.69, 9.17) is 4.98 Å². The first-order valence-corrected chi connectivity index (χ1v) is 7.14. The molecule has 1 aromatic heterocycles. The SMILES string of the molecule is OC1CC2CCC1(c1nc3ccccc3s1)C2. The van der Waals surface area contributed by atoms with Gasteiger partial charge >= 0.3 is 0 Å². The summed E-state index contributed by atoms with van der Waals surface area (Å²) in [4.78, 5) is 4.77. The molecule has 2 fully saturated rings. The molecule has 3 unspecified atom stereocenters. The van der Waals surface area contributed by atoms with Crippen LogP contribution in [0.3, 0.4) is 0 Å². The van der Waals surface area contributed by atoms with Gasteiger partial charge in [0.1, 0.15) is 5.01 Å². The molecule has 2 nitrogen and oxygen atoms in total. The zero-order valence-electron chi connectivity index (χ0n) is 9.60. The molecule has 0 saturated heterocycles. The highest BCUT2D eigenvalue weighted by atomic mass is 32.1. The maximum atomic E-state index is 10.3. The first-order valence-electron chi connectivity index (χ1n) is 6.32. The molecule has 0 spiro atoms. The van der Waals surface area contributed by atoms with E-state index >= 15 is 0 Å². The highest BCUT2D eigenvalue weighted by Crippen LogP contribution is 2.56. The summed E-state index contributed by atoms with van der Waals surface area (Å²) >= 11 is 1.78. The standard InChI is InChI=1S/C14H15NOS/c16-12-7-9-5-6-14(12,8-9)13-15-10-3-1-2-4-11(10)17-13/h1-4,9,12,16H,5-8H2. The lowest BCUT2D eigenvalue weighted by Gasteiger charge is -2.29. The van der Waals surface area contributed by atoms with E-state index in [2.05, 4.69) is 18.2 Å². The number of aliphatic hydroxyl groups excluding tert-OH is 1. The van der Waals surface area contributed by atoms with Crippen LogP contribution in [0.1, 0.15) is 30.7 Å². The maximum absolute atomic E-state index is 10.3. The third kappa shape index (κ3) is 1.27. The monoisotopic (exact) mass is 245 g/mol. The van der Waals surface area contributed by atoms with Crippen LogP contribution >= 0.6 is 11.3 Å². The summed E-state index contributed by atoms with van der Waals surface area (Å²) in [6.07, 6.45) is 4.36. The Labute approximate surface area is 104 Å². The lowest BCUT2D eigenvalue weighted by Crippen LogP contribution is -2.34. The van der Waals surface area contributed by atoms with Crippen molar-refractivity contribution in [2.45, 2.75) is 37.2 Å². The van der Waals surface area contributed by atoms with Crippen LogP contribution in [-0.2, 0) is 5.41 Å². The third-order valence-electron chi connectivity index (χ3n) is 4.57. The van der Waals surface area contributed by atoms with E-state index in [0.29, 0.717) is 0 Å². The second-order valence-electron chi connectivity index (χ2n) is 5.50. The van der Waals surface area contributed by atoms with E-state index in [-0.39, 0.29) is 11.5 Å². The van der Waals surface area contributed by atoms with Gasteiger partial charge in [-0.2, -0.15) is 0 Å². The number of hydrogen-bond acceptors (Lipinski definition) is 3. The second kappa shape index (κ2) is 3.30. The number of rotatable bonds is 1. The van der Waals surface area contributed by atoms with E-state index in [1.54, 1.807) is 11.3 Å².